The average Bonchev–Trinajstić information content (AvgIpc) is 2.52. The van der Waals surface area contributed by atoms with E-state index in [1.165, 1.54) is 24.3 Å². The molecule has 5 nitrogen and oxygen atoms in total. The Balaban J connectivity index is 1.89. The van der Waals surface area contributed by atoms with Gasteiger partial charge in [0.25, 0.3) is 0 Å². The first-order chi connectivity index (χ1) is 11.3. The van der Waals surface area contributed by atoms with E-state index in [-0.39, 0.29) is 11.4 Å². The third-order valence-electron chi connectivity index (χ3n) is 3.25. The number of benzene rings is 2. The summed E-state index contributed by atoms with van der Waals surface area (Å²) in [6.07, 6.45) is 0. The number of sulfonamides is 1. The molecule has 2 aromatic carbocycles. The number of carbonyl (C=O) groups is 1. The molecule has 0 aliphatic carbocycles. The van der Waals surface area contributed by atoms with Crippen molar-refractivity contribution in [1.82, 2.24) is 10.0 Å². The molecule has 0 atom stereocenters. The fourth-order valence-corrected chi connectivity index (χ4v) is 3.20. The van der Waals surface area contributed by atoms with Crippen LogP contribution >= 0.6 is 15.9 Å². The highest BCUT2D eigenvalue weighted by Crippen LogP contribution is 2.15. The molecule has 0 aromatic heterocycles. The summed E-state index contributed by atoms with van der Waals surface area (Å²) in [5.74, 6) is -1.00. The summed E-state index contributed by atoms with van der Waals surface area (Å²) < 4.78 is 40.6. The molecule has 2 rings (SSSR count). The number of halogens is 2. The summed E-state index contributed by atoms with van der Waals surface area (Å²) in [5, 5.41) is 2.47. The lowest BCUT2D eigenvalue weighted by Crippen LogP contribution is -2.36. The number of amides is 1. The van der Waals surface area contributed by atoms with Crippen LogP contribution in [-0.4, -0.2) is 20.9 Å². The molecule has 128 valence electrons. The highest BCUT2D eigenvalue weighted by Gasteiger charge is 2.15. The van der Waals surface area contributed by atoms with Crippen molar-refractivity contribution in [3.8, 4) is 0 Å². The van der Waals surface area contributed by atoms with Crippen LogP contribution in [0.2, 0.25) is 0 Å². The molecule has 0 spiro atoms. The van der Waals surface area contributed by atoms with E-state index in [2.05, 4.69) is 26.0 Å². The minimum atomic E-state index is -3.76. The average molecular weight is 415 g/mol. The van der Waals surface area contributed by atoms with Gasteiger partial charge in [-0.2, -0.15) is 0 Å². The van der Waals surface area contributed by atoms with Crippen molar-refractivity contribution < 1.29 is 17.6 Å². The third-order valence-corrected chi connectivity index (χ3v) is 5.16. The van der Waals surface area contributed by atoms with Crippen LogP contribution in [0.15, 0.2) is 51.8 Å². The smallest absolute Gasteiger partial charge is 0.241 e. The molecular weight excluding hydrogens is 399 g/mol. The number of nitrogens with one attached hydrogen (secondary N) is 2. The molecule has 2 aromatic rings. The molecule has 24 heavy (non-hydrogen) atoms. The normalized spacial score (nSPS) is 11.3. The maximum atomic E-state index is 13.6. The first-order valence-electron chi connectivity index (χ1n) is 7.05. The lowest BCUT2D eigenvalue weighted by Gasteiger charge is -2.09. The molecule has 0 aliphatic rings. The summed E-state index contributed by atoms with van der Waals surface area (Å²) >= 11 is 3.15. The zero-order valence-electron chi connectivity index (χ0n) is 12.8. The number of aryl methyl sites for hydroxylation is 1. The van der Waals surface area contributed by atoms with Crippen molar-refractivity contribution >= 4 is 31.9 Å². The second-order valence-electron chi connectivity index (χ2n) is 5.15. The van der Waals surface area contributed by atoms with Gasteiger partial charge >= 0.3 is 0 Å². The summed E-state index contributed by atoms with van der Waals surface area (Å²) in [4.78, 5) is 11.8. The van der Waals surface area contributed by atoms with E-state index < -0.39 is 28.3 Å². The van der Waals surface area contributed by atoms with E-state index in [4.69, 9.17) is 0 Å². The first-order valence-corrected chi connectivity index (χ1v) is 9.32. The largest absolute Gasteiger partial charge is 0.351 e. The van der Waals surface area contributed by atoms with E-state index >= 15 is 0 Å². The lowest BCUT2D eigenvalue weighted by atomic mass is 10.2. The molecule has 1 amide bonds. The summed E-state index contributed by atoms with van der Waals surface area (Å²) in [7, 11) is -3.76. The Labute approximate surface area is 148 Å². The Morgan fingerprint density at radius 3 is 2.46 bits per heavy atom. The van der Waals surface area contributed by atoms with Gasteiger partial charge in [0.05, 0.1) is 11.4 Å². The summed E-state index contributed by atoms with van der Waals surface area (Å²) in [6.45, 7) is 1.40. The minimum Gasteiger partial charge on any atom is -0.351 e. The number of hydrogen-bond donors (Lipinski definition) is 2. The molecule has 2 N–H and O–H groups in total. The van der Waals surface area contributed by atoms with Crippen molar-refractivity contribution in [1.29, 1.82) is 0 Å². The third kappa shape index (κ3) is 5.12. The van der Waals surface area contributed by atoms with Gasteiger partial charge in [-0.1, -0.05) is 39.7 Å². The SMILES string of the molecule is Cc1ccc(S(=O)(=O)NCC(=O)NCc2ccc(Br)cc2F)cc1. The highest BCUT2D eigenvalue weighted by atomic mass is 79.9. The summed E-state index contributed by atoms with van der Waals surface area (Å²) in [6, 6.07) is 10.8. The van der Waals surface area contributed by atoms with Gasteiger partial charge in [0, 0.05) is 16.6 Å². The van der Waals surface area contributed by atoms with Crippen LogP contribution in [0.25, 0.3) is 0 Å². The molecule has 8 heteroatoms. The Bertz CT molecular complexity index is 839. The van der Waals surface area contributed by atoms with Crippen molar-refractivity contribution in [3.05, 3.63) is 63.9 Å². The fraction of sp³-hybridized carbons (Fsp3) is 0.188. The van der Waals surface area contributed by atoms with Crippen LogP contribution in [-0.2, 0) is 21.4 Å². The second kappa shape index (κ2) is 7.87. The van der Waals surface area contributed by atoms with Gasteiger partial charge in [-0.25, -0.2) is 17.5 Å². The minimum absolute atomic E-state index is 0.0236. The van der Waals surface area contributed by atoms with E-state index in [0.717, 1.165) is 5.56 Å². The predicted molar refractivity (Wildman–Crippen MR) is 92.3 cm³/mol. The number of carbonyl (C=O) groups excluding carboxylic acids is 1. The van der Waals surface area contributed by atoms with Crippen LogP contribution in [0.5, 0.6) is 0 Å². The van der Waals surface area contributed by atoms with Crippen LogP contribution in [0.4, 0.5) is 4.39 Å². The van der Waals surface area contributed by atoms with Gasteiger partial charge in [-0.15, -0.1) is 0 Å². The van der Waals surface area contributed by atoms with Crippen molar-refractivity contribution in [2.75, 3.05) is 6.54 Å². The van der Waals surface area contributed by atoms with Gasteiger partial charge in [-0.3, -0.25) is 4.79 Å². The molecule has 0 unspecified atom stereocenters. The lowest BCUT2D eigenvalue weighted by molar-refractivity contribution is -0.120. The van der Waals surface area contributed by atoms with Crippen molar-refractivity contribution in [3.63, 3.8) is 0 Å². The van der Waals surface area contributed by atoms with Gasteiger partial charge in [0.1, 0.15) is 5.82 Å². The van der Waals surface area contributed by atoms with E-state index in [1.807, 2.05) is 6.92 Å². The highest BCUT2D eigenvalue weighted by molar-refractivity contribution is 9.10. The Morgan fingerprint density at radius 1 is 1.17 bits per heavy atom. The van der Waals surface area contributed by atoms with Crippen molar-refractivity contribution in [2.45, 2.75) is 18.4 Å². The Hall–Kier alpha value is -1.77. The fourth-order valence-electron chi connectivity index (χ4n) is 1.88. The monoisotopic (exact) mass is 414 g/mol. The number of hydrogen-bond acceptors (Lipinski definition) is 3. The molecule has 0 saturated carbocycles. The van der Waals surface area contributed by atoms with Gasteiger partial charge < -0.3 is 5.32 Å². The molecule has 0 aliphatic heterocycles. The Morgan fingerprint density at radius 2 is 1.83 bits per heavy atom. The second-order valence-corrected chi connectivity index (χ2v) is 7.83. The first kappa shape index (κ1) is 18.6. The van der Waals surface area contributed by atoms with Crippen LogP contribution in [0, 0.1) is 12.7 Å². The van der Waals surface area contributed by atoms with Gasteiger partial charge in [0.15, 0.2) is 0 Å². The van der Waals surface area contributed by atoms with Crippen LogP contribution in [0.1, 0.15) is 11.1 Å². The zero-order valence-corrected chi connectivity index (χ0v) is 15.2. The maximum absolute atomic E-state index is 13.6. The molecular formula is C16H16BrFN2O3S. The topological polar surface area (TPSA) is 75.3 Å². The van der Waals surface area contributed by atoms with E-state index in [9.17, 15) is 17.6 Å². The van der Waals surface area contributed by atoms with Gasteiger partial charge in [0.2, 0.25) is 15.9 Å². The molecule has 0 heterocycles. The zero-order chi connectivity index (χ0) is 17.7. The standard InChI is InChI=1S/C16H16BrFN2O3S/c1-11-2-6-14(7-3-11)24(22,23)20-10-16(21)19-9-12-4-5-13(17)8-15(12)18/h2-8,20H,9-10H2,1H3,(H,19,21). The molecule has 0 bridgehead atoms. The molecule has 0 radical (unpaired) electrons. The quantitative estimate of drug-likeness (QED) is 0.762. The number of rotatable bonds is 6. The van der Waals surface area contributed by atoms with Crippen molar-refractivity contribution in [2.24, 2.45) is 0 Å². The van der Waals surface area contributed by atoms with Crippen LogP contribution < -0.4 is 10.0 Å². The van der Waals surface area contributed by atoms with E-state index in [1.54, 1.807) is 18.2 Å². The molecule has 0 fully saturated rings. The predicted octanol–water partition coefficient (Wildman–Crippen LogP) is 2.49. The summed E-state index contributed by atoms with van der Waals surface area (Å²) in [5.41, 5.74) is 1.25. The maximum Gasteiger partial charge on any atom is 0.241 e. The van der Waals surface area contributed by atoms with Gasteiger partial charge in [-0.05, 0) is 31.2 Å². The molecule has 0 saturated heterocycles. The van der Waals surface area contributed by atoms with E-state index in [0.29, 0.717) is 10.0 Å². The Kier molecular flexibility index (Phi) is 6.09. The van der Waals surface area contributed by atoms with Crippen LogP contribution in [0.3, 0.4) is 0 Å².